The van der Waals surface area contributed by atoms with Gasteiger partial charge < -0.3 is 0 Å². The van der Waals surface area contributed by atoms with Gasteiger partial charge in [0.15, 0.2) is 0 Å². The Morgan fingerprint density at radius 2 is 2.27 bits per heavy atom. The summed E-state index contributed by atoms with van der Waals surface area (Å²) in [5.41, 5.74) is 0.623. The van der Waals surface area contributed by atoms with Crippen molar-refractivity contribution < 1.29 is 4.39 Å². The highest BCUT2D eigenvalue weighted by molar-refractivity contribution is 7.98. The maximum Gasteiger partial charge on any atom is 0.138 e. The lowest BCUT2D eigenvalue weighted by Gasteiger charge is -2.00. The molecule has 0 nitrogen and oxygen atoms in total. The topological polar surface area (TPSA) is 0 Å². The average molecular weight is 166 g/mol. The Morgan fingerprint density at radius 3 is 2.73 bits per heavy atom. The van der Waals surface area contributed by atoms with Crippen LogP contribution in [0.4, 0.5) is 4.39 Å². The van der Waals surface area contributed by atoms with Gasteiger partial charge in [0.2, 0.25) is 0 Å². The molecule has 0 spiro atoms. The van der Waals surface area contributed by atoms with E-state index in [4.69, 9.17) is 6.42 Å². The molecule has 0 saturated heterocycles. The van der Waals surface area contributed by atoms with Crippen LogP contribution in [0.5, 0.6) is 0 Å². The molecule has 0 aromatic heterocycles. The van der Waals surface area contributed by atoms with Crippen LogP contribution in [0, 0.1) is 18.2 Å². The Labute approximate surface area is 69.8 Å². The molecule has 0 fully saturated rings. The molecular formula is C9H7FS. The molecule has 0 bridgehead atoms. The summed E-state index contributed by atoms with van der Waals surface area (Å²) in [5.74, 6) is 2.18. The fourth-order valence-corrected chi connectivity index (χ4v) is 1.44. The van der Waals surface area contributed by atoms with E-state index in [2.05, 4.69) is 5.92 Å². The van der Waals surface area contributed by atoms with Gasteiger partial charge in [-0.3, -0.25) is 0 Å². The first-order valence-electron chi connectivity index (χ1n) is 3.08. The Balaban J connectivity index is 3.27. The largest absolute Gasteiger partial charge is 0.206 e. The number of hydrogen-bond acceptors (Lipinski definition) is 1. The molecule has 0 heterocycles. The minimum atomic E-state index is -0.243. The summed E-state index contributed by atoms with van der Waals surface area (Å²) in [4.78, 5) is 0.551. The van der Waals surface area contributed by atoms with Gasteiger partial charge in [0.05, 0.1) is 4.90 Å². The standard InChI is InChI=1S/C9H7FS/c1-3-7-5-4-6-8(10)9(7)11-2/h1,4-6H,2H3. The zero-order chi connectivity index (χ0) is 8.27. The number of halogens is 1. The lowest BCUT2D eigenvalue weighted by Crippen LogP contribution is -1.84. The van der Waals surface area contributed by atoms with Gasteiger partial charge in [-0.05, 0) is 18.4 Å². The molecule has 0 N–H and O–H groups in total. The monoisotopic (exact) mass is 166 g/mol. The van der Waals surface area contributed by atoms with Crippen molar-refractivity contribution in [3.63, 3.8) is 0 Å². The number of terminal acetylenes is 1. The minimum absolute atomic E-state index is 0.243. The van der Waals surface area contributed by atoms with Crippen molar-refractivity contribution in [3.8, 4) is 12.3 Å². The van der Waals surface area contributed by atoms with Gasteiger partial charge in [0.1, 0.15) is 5.82 Å². The van der Waals surface area contributed by atoms with Crippen molar-refractivity contribution in [3.05, 3.63) is 29.6 Å². The van der Waals surface area contributed by atoms with Gasteiger partial charge >= 0.3 is 0 Å². The zero-order valence-electron chi connectivity index (χ0n) is 6.10. The first-order valence-corrected chi connectivity index (χ1v) is 4.31. The molecular weight excluding hydrogens is 159 g/mol. The van der Waals surface area contributed by atoms with Crippen molar-refractivity contribution in [1.82, 2.24) is 0 Å². The molecule has 2 heteroatoms. The molecule has 0 atom stereocenters. The summed E-state index contributed by atoms with van der Waals surface area (Å²) in [6, 6.07) is 4.76. The normalized spacial score (nSPS) is 9.18. The van der Waals surface area contributed by atoms with Crippen LogP contribution in [0.3, 0.4) is 0 Å². The van der Waals surface area contributed by atoms with Crippen LogP contribution >= 0.6 is 11.8 Å². The van der Waals surface area contributed by atoms with Gasteiger partial charge in [0.25, 0.3) is 0 Å². The first kappa shape index (κ1) is 8.16. The predicted molar refractivity (Wildman–Crippen MR) is 46.1 cm³/mol. The maximum absolute atomic E-state index is 12.9. The summed E-state index contributed by atoms with van der Waals surface area (Å²) in [6.45, 7) is 0. The van der Waals surface area contributed by atoms with E-state index in [0.717, 1.165) is 0 Å². The lowest BCUT2D eigenvalue weighted by atomic mass is 10.2. The summed E-state index contributed by atoms with van der Waals surface area (Å²) < 4.78 is 12.9. The third-order valence-corrected chi connectivity index (χ3v) is 2.15. The Hall–Kier alpha value is -0.940. The molecule has 0 aliphatic heterocycles. The van der Waals surface area contributed by atoms with E-state index >= 15 is 0 Å². The fourth-order valence-electron chi connectivity index (χ4n) is 0.830. The van der Waals surface area contributed by atoms with Crippen LogP contribution in [0.2, 0.25) is 0 Å². The second kappa shape index (κ2) is 3.45. The number of thioether (sulfide) groups is 1. The molecule has 0 aliphatic rings. The van der Waals surface area contributed by atoms with E-state index < -0.39 is 0 Å². The smallest absolute Gasteiger partial charge is 0.138 e. The first-order chi connectivity index (χ1) is 5.29. The number of rotatable bonds is 1. The van der Waals surface area contributed by atoms with Crippen molar-refractivity contribution in [2.75, 3.05) is 6.26 Å². The van der Waals surface area contributed by atoms with Crippen molar-refractivity contribution in [2.45, 2.75) is 4.90 Å². The van der Waals surface area contributed by atoms with Crippen LogP contribution < -0.4 is 0 Å². The highest BCUT2D eigenvalue weighted by Gasteiger charge is 2.03. The second-order valence-corrected chi connectivity index (χ2v) is 2.78. The summed E-state index contributed by atoms with van der Waals surface area (Å²) in [6.07, 6.45) is 6.97. The molecule has 0 aliphatic carbocycles. The predicted octanol–water partition coefficient (Wildman–Crippen LogP) is 2.53. The molecule has 11 heavy (non-hydrogen) atoms. The van der Waals surface area contributed by atoms with Gasteiger partial charge in [-0.1, -0.05) is 12.0 Å². The molecule has 0 radical (unpaired) electrons. The van der Waals surface area contributed by atoms with E-state index in [1.807, 2.05) is 0 Å². The third kappa shape index (κ3) is 1.55. The van der Waals surface area contributed by atoms with E-state index in [9.17, 15) is 4.39 Å². The second-order valence-electron chi connectivity index (χ2n) is 1.96. The molecule has 1 aromatic rings. The van der Waals surface area contributed by atoms with Gasteiger partial charge in [0, 0.05) is 5.56 Å². The van der Waals surface area contributed by atoms with Gasteiger partial charge in [-0.15, -0.1) is 18.2 Å². The van der Waals surface area contributed by atoms with Crippen LogP contribution in [0.15, 0.2) is 23.1 Å². The zero-order valence-corrected chi connectivity index (χ0v) is 6.91. The van der Waals surface area contributed by atoms with Crippen LogP contribution in [0.25, 0.3) is 0 Å². The molecule has 1 rings (SSSR count). The number of hydrogen-bond donors (Lipinski definition) is 0. The van der Waals surface area contributed by atoms with Crippen molar-refractivity contribution in [2.24, 2.45) is 0 Å². The molecule has 56 valence electrons. The Kier molecular flexibility index (Phi) is 2.56. The van der Waals surface area contributed by atoms with Gasteiger partial charge in [-0.2, -0.15) is 0 Å². The van der Waals surface area contributed by atoms with Crippen LogP contribution in [-0.4, -0.2) is 6.26 Å². The highest BCUT2D eigenvalue weighted by Crippen LogP contribution is 2.22. The number of benzene rings is 1. The fraction of sp³-hybridized carbons (Fsp3) is 0.111. The molecule has 0 saturated carbocycles. The van der Waals surface area contributed by atoms with E-state index in [1.54, 1.807) is 18.4 Å². The third-order valence-electron chi connectivity index (χ3n) is 1.33. The molecule has 1 aromatic carbocycles. The average Bonchev–Trinajstić information content (AvgIpc) is 2.04. The summed E-state index contributed by atoms with van der Waals surface area (Å²) >= 11 is 1.33. The molecule has 0 unspecified atom stereocenters. The Morgan fingerprint density at radius 1 is 1.55 bits per heavy atom. The molecule has 0 amide bonds. The summed E-state index contributed by atoms with van der Waals surface area (Å²) in [5, 5.41) is 0. The van der Waals surface area contributed by atoms with E-state index in [1.165, 1.54) is 17.8 Å². The van der Waals surface area contributed by atoms with E-state index in [-0.39, 0.29) is 5.82 Å². The van der Waals surface area contributed by atoms with Crippen molar-refractivity contribution >= 4 is 11.8 Å². The van der Waals surface area contributed by atoms with Crippen LogP contribution in [0.1, 0.15) is 5.56 Å². The SMILES string of the molecule is C#Cc1cccc(F)c1SC. The van der Waals surface area contributed by atoms with Crippen molar-refractivity contribution in [1.29, 1.82) is 0 Å². The highest BCUT2D eigenvalue weighted by atomic mass is 32.2. The quantitative estimate of drug-likeness (QED) is 0.456. The van der Waals surface area contributed by atoms with E-state index in [0.29, 0.717) is 10.5 Å². The maximum atomic E-state index is 12.9. The van der Waals surface area contributed by atoms with Gasteiger partial charge in [-0.25, -0.2) is 4.39 Å². The lowest BCUT2D eigenvalue weighted by molar-refractivity contribution is 0.601. The minimum Gasteiger partial charge on any atom is -0.206 e. The summed E-state index contributed by atoms with van der Waals surface area (Å²) in [7, 11) is 0. The van der Waals surface area contributed by atoms with Crippen LogP contribution in [-0.2, 0) is 0 Å². The Bertz CT molecular complexity index is 299.